The van der Waals surface area contributed by atoms with E-state index in [1.54, 1.807) is 0 Å². The van der Waals surface area contributed by atoms with Crippen molar-refractivity contribution in [3.8, 4) is 0 Å². The van der Waals surface area contributed by atoms with Crippen LogP contribution in [0.25, 0.3) is 0 Å². The number of nitrogens with zero attached hydrogens (tertiary/aromatic N) is 1. The van der Waals surface area contributed by atoms with Gasteiger partial charge in [-0.15, -0.1) is 0 Å². The Bertz CT molecular complexity index is 919. The van der Waals surface area contributed by atoms with Gasteiger partial charge < -0.3 is 10.4 Å². The van der Waals surface area contributed by atoms with E-state index in [0.29, 0.717) is 6.42 Å². The minimum Gasteiger partial charge on any atom is -0.479 e. The molecule has 0 radical (unpaired) electrons. The van der Waals surface area contributed by atoms with E-state index in [-0.39, 0.29) is 27.2 Å². The van der Waals surface area contributed by atoms with E-state index in [4.69, 9.17) is 23.2 Å². The monoisotopic (exact) mass is 400 g/mol. The van der Waals surface area contributed by atoms with E-state index in [2.05, 4.69) is 5.32 Å². The van der Waals surface area contributed by atoms with Crippen molar-refractivity contribution in [1.29, 1.82) is 0 Å². The van der Waals surface area contributed by atoms with Crippen molar-refractivity contribution in [2.45, 2.75) is 17.5 Å². The lowest BCUT2D eigenvalue weighted by molar-refractivity contribution is -0.140. The molecule has 0 aromatic heterocycles. The molecule has 0 fully saturated rings. The molecule has 1 atom stereocenters. The molecular formula is C16H14Cl2N2O4S. The highest BCUT2D eigenvalue weighted by atomic mass is 35.5. The van der Waals surface area contributed by atoms with Crippen LogP contribution in [0.2, 0.25) is 10.0 Å². The standard InChI is InChI=1S/C16H14Cl2N2O4S/c17-11-8-12(18)14-13(9-11)19-15(16(21)22)20(25(14,23)24)7-6-10-4-2-1-3-5-10/h1-5,8-9,15,19H,6-7H2,(H,21,22). The topological polar surface area (TPSA) is 86.7 Å². The molecule has 1 unspecified atom stereocenters. The molecule has 0 saturated heterocycles. The number of rotatable bonds is 4. The summed E-state index contributed by atoms with van der Waals surface area (Å²) in [6.45, 7) is -0.00525. The van der Waals surface area contributed by atoms with Crippen LogP contribution < -0.4 is 5.32 Å². The van der Waals surface area contributed by atoms with Crippen molar-refractivity contribution in [3.63, 3.8) is 0 Å². The molecule has 1 heterocycles. The van der Waals surface area contributed by atoms with Crippen LogP contribution in [0.3, 0.4) is 0 Å². The number of hydrogen-bond donors (Lipinski definition) is 2. The van der Waals surface area contributed by atoms with Gasteiger partial charge in [-0.05, 0) is 24.1 Å². The highest BCUT2D eigenvalue weighted by Gasteiger charge is 2.43. The zero-order valence-electron chi connectivity index (χ0n) is 12.8. The Hall–Kier alpha value is -1.80. The molecule has 0 saturated carbocycles. The first-order chi connectivity index (χ1) is 11.8. The van der Waals surface area contributed by atoms with Gasteiger partial charge in [0.05, 0.1) is 10.7 Å². The average Bonchev–Trinajstić information content (AvgIpc) is 2.53. The fraction of sp³-hybridized carbons (Fsp3) is 0.188. The van der Waals surface area contributed by atoms with Crippen molar-refractivity contribution in [1.82, 2.24) is 4.31 Å². The highest BCUT2D eigenvalue weighted by Crippen LogP contribution is 2.39. The molecule has 1 aliphatic heterocycles. The van der Waals surface area contributed by atoms with Crippen LogP contribution in [0.5, 0.6) is 0 Å². The first-order valence-corrected chi connectivity index (χ1v) is 9.54. The molecule has 0 aliphatic carbocycles. The SMILES string of the molecule is O=C(O)C1Nc2cc(Cl)cc(Cl)c2S(=O)(=O)N1CCc1ccccc1. The predicted octanol–water partition coefficient (Wildman–Crippen LogP) is 3.06. The third-order valence-electron chi connectivity index (χ3n) is 3.85. The number of carboxylic acid groups (broad SMARTS) is 1. The van der Waals surface area contributed by atoms with E-state index >= 15 is 0 Å². The van der Waals surface area contributed by atoms with Crippen LogP contribution in [-0.2, 0) is 21.2 Å². The zero-order valence-corrected chi connectivity index (χ0v) is 15.1. The molecule has 132 valence electrons. The number of benzene rings is 2. The summed E-state index contributed by atoms with van der Waals surface area (Å²) in [4.78, 5) is 11.4. The molecule has 2 aromatic rings. The summed E-state index contributed by atoms with van der Waals surface area (Å²) in [5.74, 6) is -1.31. The van der Waals surface area contributed by atoms with Gasteiger partial charge in [0.25, 0.3) is 0 Å². The van der Waals surface area contributed by atoms with Crippen molar-refractivity contribution in [2.75, 3.05) is 11.9 Å². The van der Waals surface area contributed by atoms with E-state index in [9.17, 15) is 18.3 Å². The zero-order chi connectivity index (χ0) is 18.2. The molecule has 1 aliphatic rings. The molecule has 25 heavy (non-hydrogen) atoms. The Morgan fingerprint density at radius 1 is 1.20 bits per heavy atom. The number of sulfonamides is 1. The van der Waals surface area contributed by atoms with Crippen molar-refractivity contribution < 1.29 is 18.3 Å². The molecular weight excluding hydrogens is 387 g/mol. The molecule has 0 spiro atoms. The van der Waals surface area contributed by atoms with Gasteiger partial charge in [-0.25, -0.2) is 13.2 Å². The molecule has 0 bridgehead atoms. The predicted molar refractivity (Wildman–Crippen MR) is 95.5 cm³/mol. The number of halogens is 2. The summed E-state index contributed by atoms with van der Waals surface area (Å²) < 4.78 is 26.8. The number of carboxylic acids is 1. The van der Waals surface area contributed by atoms with Crippen molar-refractivity contribution in [2.24, 2.45) is 0 Å². The Labute approximate surface area is 155 Å². The summed E-state index contributed by atoms with van der Waals surface area (Å²) in [5, 5.41) is 12.3. The van der Waals surface area contributed by atoms with Gasteiger partial charge in [-0.1, -0.05) is 53.5 Å². The number of anilines is 1. The van der Waals surface area contributed by atoms with Gasteiger partial charge in [-0.3, -0.25) is 0 Å². The largest absolute Gasteiger partial charge is 0.479 e. The van der Waals surface area contributed by atoms with E-state index < -0.39 is 22.2 Å². The summed E-state index contributed by atoms with van der Waals surface area (Å²) >= 11 is 12.0. The smallest absolute Gasteiger partial charge is 0.342 e. The lowest BCUT2D eigenvalue weighted by atomic mass is 10.1. The second-order valence-electron chi connectivity index (χ2n) is 5.50. The molecule has 9 heteroatoms. The second-order valence-corrected chi connectivity index (χ2v) is 8.17. The van der Waals surface area contributed by atoms with Gasteiger partial charge in [0.1, 0.15) is 4.90 Å². The normalized spacial score (nSPS) is 19.0. The fourth-order valence-electron chi connectivity index (χ4n) is 2.72. The van der Waals surface area contributed by atoms with Crippen LogP contribution in [-0.4, -0.2) is 36.5 Å². The van der Waals surface area contributed by atoms with E-state index in [1.165, 1.54) is 12.1 Å². The summed E-state index contributed by atoms with van der Waals surface area (Å²) in [7, 11) is -4.10. The van der Waals surface area contributed by atoms with Gasteiger partial charge in [0.15, 0.2) is 6.17 Å². The number of aliphatic carboxylic acids is 1. The van der Waals surface area contributed by atoms with Gasteiger partial charge in [-0.2, -0.15) is 4.31 Å². The van der Waals surface area contributed by atoms with Crippen molar-refractivity contribution >= 4 is 44.9 Å². The number of fused-ring (bicyclic) bond motifs is 1. The quantitative estimate of drug-likeness (QED) is 0.823. The summed E-state index contributed by atoms with van der Waals surface area (Å²) in [6, 6.07) is 11.9. The van der Waals surface area contributed by atoms with Gasteiger partial charge >= 0.3 is 5.97 Å². The maximum Gasteiger partial charge on any atom is 0.342 e. The van der Waals surface area contributed by atoms with Crippen LogP contribution in [0, 0.1) is 0 Å². The second kappa shape index (κ2) is 6.84. The van der Waals surface area contributed by atoms with Crippen LogP contribution in [0.1, 0.15) is 5.56 Å². The molecule has 3 rings (SSSR count). The Morgan fingerprint density at radius 2 is 1.88 bits per heavy atom. The number of nitrogens with one attached hydrogen (secondary N) is 1. The third-order valence-corrected chi connectivity index (χ3v) is 6.45. The maximum absolute atomic E-state index is 13.0. The Kier molecular flexibility index (Phi) is 4.92. The van der Waals surface area contributed by atoms with Crippen LogP contribution in [0.15, 0.2) is 47.4 Å². The van der Waals surface area contributed by atoms with Gasteiger partial charge in [0.2, 0.25) is 10.0 Å². The van der Waals surface area contributed by atoms with Gasteiger partial charge in [0, 0.05) is 11.6 Å². The average molecular weight is 401 g/mol. The highest BCUT2D eigenvalue weighted by molar-refractivity contribution is 7.89. The third kappa shape index (κ3) is 3.46. The number of carbonyl (C=O) groups is 1. The lowest BCUT2D eigenvalue weighted by Gasteiger charge is -2.35. The van der Waals surface area contributed by atoms with Crippen LogP contribution in [0.4, 0.5) is 5.69 Å². The van der Waals surface area contributed by atoms with E-state index in [1.807, 2.05) is 30.3 Å². The van der Waals surface area contributed by atoms with Crippen LogP contribution >= 0.6 is 23.2 Å². The number of hydrogen-bond acceptors (Lipinski definition) is 4. The van der Waals surface area contributed by atoms with E-state index in [0.717, 1.165) is 9.87 Å². The first-order valence-electron chi connectivity index (χ1n) is 7.35. The Morgan fingerprint density at radius 3 is 2.52 bits per heavy atom. The Balaban J connectivity index is 2.01. The summed E-state index contributed by atoms with van der Waals surface area (Å²) in [6.07, 6.45) is -1.07. The summed E-state index contributed by atoms with van der Waals surface area (Å²) in [5.41, 5.74) is 0.982. The minimum atomic E-state index is -4.10. The molecule has 0 amide bonds. The van der Waals surface area contributed by atoms with Crippen molar-refractivity contribution in [3.05, 3.63) is 58.1 Å². The fourth-order valence-corrected chi connectivity index (χ4v) is 5.20. The maximum atomic E-state index is 13.0. The molecule has 2 aromatic carbocycles. The molecule has 6 nitrogen and oxygen atoms in total. The minimum absolute atomic E-state index is 0.00525. The first kappa shape index (κ1) is 18.0. The lowest BCUT2D eigenvalue weighted by Crippen LogP contribution is -2.53. The molecule has 2 N–H and O–H groups in total.